The number of nitrogens with one attached hydrogen (secondary N) is 2. The minimum absolute atomic E-state index is 0.0101. The number of carbonyl (C=O) groups excluding carboxylic acids is 2. The zero-order chi connectivity index (χ0) is 25.2. The van der Waals surface area contributed by atoms with E-state index in [-0.39, 0.29) is 36.1 Å². The van der Waals surface area contributed by atoms with Crippen LogP contribution >= 0.6 is 0 Å². The summed E-state index contributed by atoms with van der Waals surface area (Å²) in [6.45, 7) is 0.341. The van der Waals surface area contributed by atoms with Gasteiger partial charge in [0.25, 0.3) is 11.8 Å². The molecule has 1 aromatic heterocycles. The SMILES string of the molecule is COc1ccccc1C(=O)NCc1ccc(-c2nn(C3CCNC(F)(F)C3)c(N)c2C(N)=O)cc1. The van der Waals surface area contributed by atoms with Crippen molar-refractivity contribution in [2.75, 3.05) is 19.4 Å². The molecule has 1 aliphatic rings. The lowest BCUT2D eigenvalue weighted by molar-refractivity contribution is -0.0726. The van der Waals surface area contributed by atoms with Gasteiger partial charge in [0.1, 0.15) is 22.8 Å². The maximum absolute atomic E-state index is 13.9. The maximum atomic E-state index is 13.9. The van der Waals surface area contributed by atoms with Crippen LogP contribution in [0.3, 0.4) is 0 Å². The molecule has 9 nitrogen and oxygen atoms in total. The average molecular weight is 485 g/mol. The van der Waals surface area contributed by atoms with Crippen LogP contribution in [0.15, 0.2) is 48.5 Å². The van der Waals surface area contributed by atoms with Gasteiger partial charge in [0, 0.05) is 25.1 Å². The number of rotatable bonds is 7. The fourth-order valence-corrected chi connectivity index (χ4v) is 4.16. The van der Waals surface area contributed by atoms with Crippen LogP contribution in [0, 0.1) is 0 Å². The summed E-state index contributed by atoms with van der Waals surface area (Å²) in [6.07, 6.45) is -0.120. The summed E-state index contributed by atoms with van der Waals surface area (Å²) in [7, 11) is 1.50. The molecule has 2 aromatic carbocycles. The number of amides is 2. The molecule has 0 radical (unpaired) electrons. The van der Waals surface area contributed by atoms with Gasteiger partial charge in [-0.15, -0.1) is 0 Å². The quantitative estimate of drug-likeness (QED) is 0.381. The number of hydrogen-bond acceptors (Lipinski definition) is 6. The van der Waals surface area contributed by atoms with Gasteiger partial charge in [0.05, 0.1) is 18.7 Å². The first-order chi connectivity index (χ1) is 16.7. The van der Waals surface area contributed by atoms with Gasteiger partial charge in [-0.05, 0) is 24.1 Å². The Morgan fingerprint density at radius 2 is 1.94 bits per heavy atom. The molecule has 6 N–H and O–H groups in total. The Kier molecular flexibility index (Phi) is 6.70. The van der Waals surface area contributed by atoms with E-state index in [0.29, 0.717) is 23.3 Å². The molecule has 0 aliphatic carbocycles. The fourth-order valence-electron chi connectivity index (χ4n) is 4.16. The smallest absolute Gasteiger partial charge is 0.304 e. The number of aromatic nitrogens is 2. The number of para-hydroxylation sites is 1. The topological polar surface area (TPSA) is 137 Å². The van der Waals surface area contributed by atoms with E-state index >= 15 is 0 Å². The normalized spacial score (nSPS) is 17.1. The van der Waals surface area contributed by atoms with E-state index in [1.807, 2.05) is 0 Å². The van der Waals surface area contributed by atoms with Crippen molar-refractivity contribution < 1.29 is 23.1 Å². The Morgan fingerprint density at radius 3 is 2.60 bits per heavy atom. The first kappa shape index (κ1) is 24.1. The molecule has 4 rings (SSSR count). The summed E-state index contributed by atoms with van der Waals surface area (Å²) in [4.78, 5) is 24.7. The van der Waals surface area contributed by atoms with Crippen LogP contribution < -0.4 is 26.8 Å². The number of halogens is 2. The Labute approximate surface area is 200 Å². The Bertz CT molecular complexity index is 1240. The first-order valence-corrected chi connectivity index (χ1v) is 11.0. The molecule has 1 saturated heterocycles. The highest BCUT2D eigenvalue weighted by Crippen LogP contribution is 2.35. The number of piperidine rings is 1. The molecule has 11 heteroatoms. The number of nitrogen functional groups attached to an aromatic ring is 1. The number of methoxy groups -OCH3 is 1. The third kappa shape index (κ3) is 5.09. The van der Waals surface area contributed by atoms with Crippen LogP contribution in [-0.4, -0.2) is 41.3 Å². The fraction of sp³-hybridized carbons (Fsp3) is 0.292. The molecule has 184 valence electrons. The van der Waals surface area contributed by atoms with Gasteiger partial charge in [-0.25, -0.2) is 4.68 Å². The third-order valence-corrected chi connectivity index (χ3v) is 5.92. The molecule has 35 heavy (non-hydrogen) atoms. The highest BCUT2D eigenvalue weighted by Gasteiger charge is 2.38. The monoisotopic (exact) mass is 484 g/mol. The lowest BCUT2D eigenvalue weighted by Crippen LogP contribution is -2.44. The van der Waals surface area contributed by atoms with E-state index in [1.165, 1.54) is 11.8 Å². The number of hydrogen-bond donors (Lipinski definition) is 4. The molecule has 3 aromatic rings. The van der Waals surface area contributed by atoms with E-state index in [0.717, 1.165) is 5.56 Å². The number of primary amides is 1. The summed E-state index contributed by atoms with van der Waals surface area (Å²) in [6, 6.07) is 10.1. The molecule has 1 fully saturated rings. The maximum Gasteiger partial charge on any atom is 0.304 e. The third-order valence-electron chi connectivity index (χ3n) is 5.92. The number of nitrogens with two attached hydrogens (primary N) is 2. The lowest BCUT2D eigenvalue weighted by Gasteiger charge is -2.30. The van der Waals surface area contributed by atoms with Crippen molar-refractivity contribution in [1.82, 2.24) is 20.4 Å². The second-order valence-electron chi connectivity index (χ2n) is 8.28. The molecule has 1 atom stereocenters. The van der Waals surface area contributed by atoms with Crippen molar-refractivity contribution in [3.05, 3.63) is 65.2 Å². The number of ether oxygens (including phenoxy) is 1. The summed E-state index contributed by atoms with van der Waals surface area (Å²) in [5.74, 6) is -0.646. The number of carbonyl (C=O) groups is 2. The number of benzene rings is 2. The minimum atomic E-state index is -3.05. The van der Waals surface area contributed by atoms with Gasteiger partial charge in [0.15, 0.2) is 0 Å². The molecule has 2 heterocycles. The number of anilines is 1. The van der Waals surface area contributed by atoms with E-state index in [4.69, 9.17) is 16.2 Å². The van der Waals surface area contributed by atoms with Crippen molar-refractivity contribution in [1.29, 1.82) is 0 Å². The molecule has 2 amide bonds. The predicted molar refractivity (Wildman–Crippen MR) is 126 cm³/mol. The van der Waals surface area contributed by atoms with E-state index < -0.39 is 24.4 Å². The van der Waals surface area contributed by atoms with Crippen LogP contribution in [0.25, 0.3) is 11.3 Å². The molecular formula is C24H26F2N6O3. The van der Waals surface area contributed by atoms with Crippen molar-refractivity contribution in [3.63, 3.8) is 0 Å². The second-order valence-corrected chi connectivity index (χ2v) is 8.28. The molecule has 1 unspecified atom stereocenters. The molecule has 0 saturated carbocycles. The van der Waals surface area contributed by atoms with Crippen molar-refractivity contribution in [2.45, 2.75) is 31.5 Å². The highest BCUT2D eigenvalue weighted by atomic mass is 19.3. The minimum Gasteiger partial charge on any atom is -0.496 e. The Hall–Kier alpha value is -3.99. The predicted octanol–water partition coefficient (Wildman–Crippen LogP) is 2.69. The van der Waals surface area contributed by atoms with Gasteiger partial charge >= 0.3 is 6.05 Å². The first-order valence-electron chi connectivity index (χ1n) is 11.0. The zero-order valence-corrected chi connectivity index (χ0v) is 19.1. The zero-order valence-electron chi connectivity index (χ0n) is 19.1. The standard InChI is InChI=1S/C24H26F2N6O3/c1-35-18-5-3-2-4-17(18)23(34)29-13-14-6-8-15(9-7-14)20-19(22(28)33)21(27)32(31-20)16-10-11-30-24(25,26)12-16/h2-9,16,30H,10-13,27H2,1H3,(H2,28,33)(H,29,34). The van der Waals surface area contributed by atoms with Gasteiger partial charge in [-0.1, -0.05) is 36.4 Å². The van der Waals surface area contributed by atoms with Crippen LogP contribution in [0.5, 0.6) is 5.75 Å². The average Bonchev–Trinajstić information content (AvgIpc) is 3.19. The summed E-state index contributed by atoms with van der Waals surface area (Å²) >= 11 is 0. The highest BCUT2D eigenvalue weighted by molar-refractivity contribution is 6.03. The van der Waals surface area contributed by atoms with Crippen molar-refractivity contribution in [2.24, 2.45) is 5.73 Å². The number of nitrogens with zero attached hydrogens (tertiary/aromatic N) is 2. The summed E-state index contributed by atoms with van der Waals surface area (Å²) < 4.78 is 34.2. The molecular weight excluding hydrogens is 458 g/mol. The summed E-state index contributed by atoms with van der Waals surface area (Å²) in [5, 5.41) is 9.38. The van der Waals surface area contributed by atoms with Crippen LogP contribution in [-0.2, 0) is 6.54 Å². The van der Waals surface area contributed by atoms with Gasteiger partial charge in [0.2, 0.25) is 0 Å². The van der Waals surface area contributed by atoms with Crippen LogP contribution in [0.2, 0.25) is 0 Å². The van der Waals surface area contributed by atoms with Gasteiger partial charge in [-0.2, -0.15) is 13.9 Å². The Morgan fingerprint density at radius 1 is 1.23 bits per heavy atom. The van der Waals surface area contributed by atoms with E-state index in [2.05, 4.69) is 15.7 Å². The van der Waals surface area contributed by atoms with Crippen LogP contribution in [0.4, 0.5) is 14.6 Å². The van der Waals surface area contributed by atoms with E-state index in [1.54, 1.807) is 48.5 Å². The van der Waals surface area contributed by atoms with E-state index in [9.17, 15) is 18.4 Å². The largest absolute Gasteiger partial charge is 0.496 e. The summed E-state index contributed by atoms with van der Waals surface area (Å²) in [5.41, 5.74) is 13.6. The number of alkyl halides is 2. The second kappa shape index (κ2) is 9.71. The molecule has 1 aliphatic heterocycles. The lowest BCUT2D eigenvalue weighted by atomic mass is 10.0. The Balaban J connectivity index is 1.54. The molecule has 0 bridgehead atoms. The van der Waals surface area contributed by atoms with Gasteiger partial charge in [-0.3, -0.25) is 14.9 Å². The van der Waals surface area contributed by atoms with Crippen LogP contribution in [0.1, 0.15) is 45.2 Å². The van der Waals surface area contributed by atoms with Gasteiger partial charge < -0.3 is 21.5 Å². The molecule has 0 spiro atoms. The van der Waals surface area contributed by atoms with Crippen molar-refractivity contribution >= 4 is 17.6 Å². The van der Waals surface area contributed by atoms with Crippen molar-refractivity contribution in [3.8, 4) is 17.0 Å².